The highest BCUT2D eigenvalue weighted by atomic mass is 79.9. The van der Waals surface area contributed by atoms with Crippen LogP contribution >= 0.6 is 15.9 Å². The van der Waals surface area contributed by atoms with Crippen LogP contribution in [-0.2, 0) is 21.1 Å². The lowest BCUT2D eigenvalue weighted by atomic mass is 10.0. The van der Waals surface area contributed by atoms with E-state index in [1.54, 1.807) is 6.92 Å². The fourth-order valence-electron chi connectivity index (χ4n) is 2.25. The molecule has 0 bridgehead atoms. The summed E-state index contributed by atoms with van der Waals surface area (Å²) >= 11 is 3.48. The molecule has 1 amide bonds. The van der Waals surface area contributed by atoms with Crippen LogP contribution in [-0.4, -0.2) is 25.8 Å². The Hall–Kier alpha value is -0.880. The van der Waals surface area contributed by atoms with E-state index in [2.05, 4.69) is 21.2 Å². The number of rotatable bonds is 3. The fourth-order valence-corrected chi connectivity index (χ4v) is 4.31. The van der Waals surface area contributed by atoms with Crippen molar-refractivity contribution >= 4 is 37.4 Å². The summed E-state index contributed by atoms with van der Waals surface area (Å²) in [4.78, 5) is 11.3. The highest BCUT2D eigenvalue weighted by molar-refractivity contribution is 9.09. The molecule has 1 heterocycles. The summed E-state index contributed by atoms with van der Waals surface area (Å²) < 4.78 is 23.3. The molecule has 20 heavy (non-hydrogen) atoms. The van der Waals surface area contributed by atoms with E-state index in [-0.39, 0.29) is 10.7 Å². The van der Waals surface area contributed by atoms with E-state index < -0.39 is 15.1 Å². The number of carbonyl (C=O) groups is 1. The third-order valence-corrected chi connectivity index (χ3v) is 6.95. The van der Waals surface area contributed by atoms with Gasteiger partial charge in [0.25, 0.3) is 0 Å². The lowest BCUT2D eigenvalue weighted by Crippen LogP contribution is -2.21. The van der Waals surface area contributed by atoms with Gasteiger partial charge in [0.1, 0.15) is 0 Å². The van der Waals surface area contributed by atoms with Gasteiger partial charge in [0.2, 0.25) is 5.91 Å². The summed E-state index contributed by atoms with van der Waals surface area (Å²) in [5.74, 6) is 0.0383. The number of hydrogen-bond donors (Lipinski definition) is 1. The number of nitrogens with one attached hydrogen (secondary N) is 1. The number of sulfone groups is 1. The van der Waals surface area contributed by atoms with Gasteiger partial charge in [-0.1, -0.05) is 28.1 Å². The number of hydrogen-bond acceptors (Lipinski definition) is 3. The maximum Gasteiger partial charge on any atom is 0.224 e. The van der Waals surface area contributed by atoms with Crippen LogP contribution in [0.3, 0.4) is 0 Å². The number of amides is 1. The van der Waals surface area contributed by atoms with E-state index >= 15 is 0 Å². The van der Waals surface area contributed by atoms with E-state index in [4.69, 9.17) is 0 Å². The van der Waals surface area contributed by atoms with Crippen LogP contribution in [0.1, 0.15) is 35.7 Å². The van der Waals surface area contributed by atoms with E-state index in [0.29, 0.717) is 6.42 Å². The summed E-state index contributed by atoms with van der Waals surface area (Å²) in [7, 11) is -3.10. The quantitative estimate of drug-likeness (QED) is 0.844. The first-order valence-corrected chi connectivity index (χ1v) is 9.41. The predicted octanol–water partition coefficient (Wildman–Crippen LogP) is 2.83. The molecule has 6 heteroatoms. The zero-order valence-corrected chi connectivity index (χ0v) is 13.9. The van der Waals surface area contributed by atoms with Crippen molar-refractivity contribution in [1.29, 1.82) is 0 Å². The third kappa shape index (κ3) is 3.41. The predicted molar refractivity (Wildman–Crippen MR) is 84.0 cm³/mol. The molecule has 0 aromatic heterocycles. The molecule has 2 rings (SSSR count). The van der Waals surface area contributed by atoms with Crippen molar-refractivity contribution in [1.82, 2.24) is 0 Å². The van der Waals surface area contributed by atoms with Gasteiger partial charge in [-0.2, -0.15) is 0 Å². The molecule has 4 nitrogen and oxygen atoms in total. The van der Waals surface area contributed by atoms with Crippen LogP contribution in [0.2, 0.25) is 0 Å². The summed E-state index contributed by atoms with van der Waals surface area (Å²) in [6, 6.07) is 5.71. The van der Waals surface area contributed by atoms with Crippen LogP contribution in [0, 0.1) is 0 Å². The smallest absolute Gasteiger partial charge is 0.224 e. The fraction of sp³-hybridized carbons (Fsp3) is 0.500. The first-order chi connectivity index (χ1) is 9.29. The number of benzene rings is 1. The summed E-state index contributed by atoms with van der Waals surface area (Å²) in [6.45, 7) is 1.70. The van der Waals surface area contributed by atoms with Crippen molar-refractivity contribution in [3.63, 3.8) is 0 Å². The molecule has 0 aliphatic carbocycles. The molecular formula is C14H18BrNO3S. The lowest BCUT2D eigenvalue weighted by molar-refractivity contribution is -0.116. The molecule has 1 aliphatic heterocycles. The minimum absolute atomic E-state index is 0.0383. The van der Waals surface area contributed by atoms with Gasteiger partial charge in [0.05, 0.1) is 10.1 Å². The van der Waals surface area contributed by atoms with E-state index in [9.17, 15) is 13.2 Å². The zero-order chi connectivity index (χ0) is 14.9. The molecule has 1 aromatic rings. The van der Waals surface area contributed by atoms with Crippen LogP contribution < -0.4 is 5.32 Å². The average molecular weight is 360 g/mol. The Bertz CT molecular complexity index is 627. The molecule has 2 unspecified atom stereocenters. The number of anilines is 1. The number of aryl methyl sites for hydroxylation is 1. The topological polar surface area (TPSA) is 63.2 Å². The Morgan fingerprint density at radius 1 is 1.30 bits per heavy atom. The van der Waals surface area contributed by atoms with Crippen molar-refractivity contribution < 1.29 is 13.2 Å². The Balaban J connectivity index is 2.31. The van der Waals surface area contributed by atoms with Crippen LogP contribution in [0.25, 0.3) is 0 Å². The van der Waals surface area contributed by atoms with E-state index in [1.165, 1.54) is 6.26 Å². The molecule has 2 atom stereocenters. The number of carbonyl (C=O) groups excluding carboxylic acids is 1. The molecule has 1 aliphatic rings. The first-order valence-electron chi connectivity index (χ1n) is 6.54. The van der Waals surface area contributed by atoms with E-state index in [1.807, 2.05) is 18.2 Å². The molecule has 110 valence electrons. The summed E-state index contributed by atoms with van der Waals surface area (Å²) in [5, 5.41) is 2.38. The van der Waals surface area contributed by atoms with Gasteiger partial charge in [-0.3, -0.25) is 4.79 Å². The number of fused-ring (bicyclic) bond motifs is 1. The summed E-state index contributed by atoms with van der Waals surface area (Å²) in [5.41, 5.74) is 2.83. The van der Waals surface area contributed by atoms with E-state index in [0.717, 1.165) is 29.7 Å². The van der Waals surface area contributed by atoms with Crippen LogP contribution in [0.5, 0.6) is 0 Å². The average Bonchev–Trinajstić information content (AvgIpc) is 2.55. The molecular weight excluding hydrogens is 342 g/mol. The van der Waals surface area contributed by atoms with Crippen molar-refractivity contribution in [3.8, 4) is 0 Å². The standard InChI is InChI=1S/C14H18BrNO3S/c1-9(20(2,18)19)14(15)11-6-7-12-10(8-11)4-3-5-13(17)16-12/h6-9,14H,3-5H2,1-2H3,(H,16,17). The zero-order valence-electron chi connectivity index (χ0n) is 11.5. The first kappa shape index (κ1) is 15.5. The minimum Gasteiger partial charge on any atom is -0.326 e. The summed E-state index contributed by atoms with van der Waals surface area (Å²) in [6.07, 6.45) is 3.42. The van der Waals surface area contributed by atoms with Gasteiger partial charge in [-0.25, -0.2) is 8.42 Å². The number of halogens is 1. The van der Waals surface area contributed by atoms with Crippen molar-refractivity contribution in [2.45, 2.75) is 36.3 Å². The van der Waals surface area contributed by atoms with Crippen molar-refractivity contribution in [2.75, 3.05) is 11.6 Å². The maximum atomic E-state index is 11.6. The Morgan fingerprint density at radius 2 is 2.00 bits per heavy atom. The van der Waals surface area contributed by atoms with Gasteiger partial charge >= 0.3 is 0 Å². The molecule has 1 N–H and O–H groups in total. The van der Waals surface area contributed by atoms with Gasteiger partial charge in [-0.05, 0) is 37.0 Å². The normalized spacial score (nSPS) is 18.6. The third-order valence-electron chi connectivity index (χ3n) is 3.66. The number of alkyl halides is 1. The Labute approximate surface area is 128 Å². The monoisotopic (exact) mass is 359 g/mol. The highest BCUT2D eigenvalue weighted by Gasteiger charge is 2.26. The molecule has 0 saturated heterocycles. The Kier molecular flexibility index (Phi) is 4.54. The molecule has 0 radical (unpaired) electrons. The highest BCUT2D eigenvalue weighted by Crippen LogP contribution is 2.33. The second kappa shape index (κ2) is 5.85. The van der Waals surface area contributed by atoms with Crippen molar-refractivity contribution in [3.05, 3.63) is 29.3 Å². The van der Waals surface area contributed by atoms with Gasteiger partial charge < -0.3 is 5.32 Å². The van der Waals surface area contributed by atoms with Crippen LogP contribution in [0.4, 0.5) is 5.69 Å². The molecule has 0 spiro atoms. The lowest BCUT2D eigenvalue weighted by Gasteiger charge is -2.18. The second-order valence-corrected chi connectivity index (χ2v) is 8.64. The van der Waals surface area contributed by atoms with Gasteiger partial charge in [-0.15, -0.1) is 0 Å². The van der Waals surface area contributed by atoms with Gasteiger partial charge in [0, 0.05) is 18.4 Å². The van der Waals surface area contributed by atoms with Crippen molar-refractivity contribution in [2.24, 2.45) is 0 Å². The molecule has 0 saturated carbocycles. The minimum atomic E-state index is -3.10. The maximum absolute atomic E-state index is 11.6. The largest absolute Gasteiger partial charge is 0.326 e. The Morgan fingerprint density at radius 3 is 2.65 bits per heavy atom. The SMILES string of the molecule is CC(C(Br)c1ccc2c(c1)CCCC(=O)N2)S(C)(=O)=O. The van der Waals surface area contributed by atoms with Crippen LogP contribution in [0.15, 0.2) is 18.2 Å². The molecule has 1 aromatic carbocycles. The van der Waals surface area contributed by atoms with Gasteiger partial charge in [0.15, 0.2) is 9.84 Å². The molecule has 0 fully saturated rings. The second-order valence-electron chi connectivity index (χ2n) is 5.25.